The van der Waals surface area contributed by atoms with Crippen molar-refractivity contribution in [1.29, 1.82) is 0 Å². The highest BCUT2D eigenvalue weighted by Crippen LogP contribution is 2.24. The molecule has 2 aromatic carbocycles. The van der Waals surface area contributed by atoms with E-state index in [0.717, 1.165) is 0 Å². The summed E-state index contributed by atoms with van der Waals surface area (Å²) in [7, 11) is 1.76. The fraction of sp³-hybridized carbons (Fsp3) is 0.261. The molecule has 0 spiro atoms. The summed E-state index contributed by atoms with van der Waals surface area (Å²) in [6, 6.07) is 10.6. The predicted octanol–water partition coefficient (Wildman–Crippen LogP) is 4.52. The van der Waals surface area contributed by atoms with Gasteiger partial charge in [0, 0.05) is 18.3 Å². The second-order valence-electron chi connectivity index (χ2n) is 7.36. The standard InChI is InChI=1S/C23H23Cl2N5O4S/c1-4-34-22(33)14-5-8-16(9-6-14)27-19(31)12-35-23-29-28-20(30(23)3)13(2)26-21(32)15-7-10-17(24)18(25)11-15/h5-11,13H,4,12H2,1-3H3,(H,26,32)(H,27,31)/t13-/m0/s1. The number of anilines is 1. The Morgan fingerprint density at radius 3 is 2.40 bits per heavy atom. The first-order valence-electron chi connectivity index (χ1n) is 10.5. The van der Waals surface area contributed by atoms with Gasteiger partial charge in [0.1, 0.15) is 0 Å². The van der Waals surface area contributed by atoms with Crippen molar-refractivity contribution in [3.8, 4) is 0 Å². The average Bonchev–Trinajstić information content (AvgIpc) is 3.20. The molecule has 0 saturated carbocycles. The van der Waals surface area contributed by atoms with Crippen molar-refractivity contribution < 1.29 is 19.1 Å². The molecule has 9 nitrogen and oxygen atoms in total. The summed E-state index contributed by atoms with van der Waals surface area (Å²) in [5, 5.41) is 15.1. The minimum atomic E-state index is -0.449. The van der Waals surface area contributed by atoms with Crippen molar-refractivity contribution in [1.82, 2.24) is 20.1 Å². The molecule has 1 aromatic heterocycles. The maximum atomic E-state index is 12.5. The lowest BCUT2D eigenvalue weighted by molar-refractivity contribution is -0.113. The number of carbonyl (C=O) groups excluding carboxylic acids is 3. The molecule has 0 aliphatic heterocycles. The lowest BCUT2D eigenvalue weighted by Gasteiger charge is -2.14. The number of carbonyl (C=O) groups is 3. The van der Waals surface area contributed by atoms with Crippen molar-refractivity contribution in [3.05, 3.63) is 69.5 Å². The SMILES string of the molecule is CCOC(=O)c1ccc(NC(=O)CSc2nnc([C@H](C)NC(=O)c3ccc(Cl)c(Cl)c3)n2C)cc1. The Bertz CT molecular complexity index is 1230. The molecular weight excluding hydrogens is 513 g/mol. The summed E-state index contributed by atoms with van der Waals surface area (Å²) in [6.07, 6.45) is 0. The van der Waals surface area contributed by atoms with Gasteiger partial charge < -0.3 is 19.9 Å². The van der Waals surface area contributed by atoms with Crippen LogP contribution in [0.1, 0.15) is 46.4 Å². The van der Waals surface area contributed by atoms with Gasteiger partial charge in [-0.1, -0.05) is 35.0 Å². The van der Waals surface area contributed by atoms with Crippen molar-refractivity contribution in [2.45, 2.75) is 25.0 Å². The number of thioether (sulfide) groups is 1. The Morgan fingerprint density at radius 2 is 1.74 bits per heavy atom. The first kappa shape index (κ1) is 26.5. The van der Waals surface area contributed by atoms with Crippen LogP contribution in [0.2, 0.25) is 10.0 Å². The molecule has 3 rings (SSSR count). The van der Waals surface area contributed by atoms with Crippen molar-refractivity contribution in [3.63, 3.8) is 0 Å². The highest BCUT2D eigenvalue weighted by molar-refractivity contribution is 7.99. The largest absolute Gasteiger partial charge is 0.462 e. The number of esters is 1. The molecule has 1 heterocycles. The molecule has 0 aliphatic rings. The van der Waals surface area contributed by atoms with Gasteiger partial charge in [0.15, 0.2) is 11.0 Å². The lowest BCUT2D eigenvalue weighted by Crippen LogP contribution is -2.28. The third-order valence-corrected chi connectivity index (χ3v) is 6.56. The second kappa shape index (κ2) is 12.1. The molecule has 0 fully saturated rings. The number of hydrogen-bond acceptors (Lipinski definition) is 7. The van der Waals surface area contributed by atoms with Gasteiger partial charge in [-0.3, -0.25) is 9.59 Å². The Hall–Kier alpha value is -3.08. The number of nitrogens with zero attached hydrogens (tertiary/aromatic N) is 3. The number of halogens is 2. The van der Waals surface area contributed by atoms with E-state index in [9.17, 15) is 14.4 Å². The molecular formula is C23H23Cl2N5O4S. The molecule has 0 radical (unpaired) electrons. The van der Waals surface area contributed by atoms with Gasteiger partial charge in [-0.15, -0.1) is 10.2 Å². The Morgan fingerprint density at radius 1 is 1.06 bits per heavy atom. The summed E-state index contributed by atoms with van der Waals surface area (Å²) in [4.78, 5) is 36.6. The molecule has 2 amide bonds. The normalized spacial score (nSPS) is 11.6. The summed E-state index contributed by atoms with van der Waals surface area (Å²) < 4.78 is 6.66. The van der Waals surface area contributed by atoms with Crippen LogP contribution in [0.25, 0.3) is 0 Å². The van der Waals surface area contributed by atoms with E-state index in [0.29, 0.717) is 39.4 Å². The lowest BCUT2D eigenvalue weighted by atomic mass is 10.2. The van der Waals surface area contributed by atoms with E-state index in [4.69, 9.17) is 27.9 Å². The number of rotatable bonds is 9. The van der Waals surface area contributed by atoms with Crippen LogP contribution in [0.5, 0.6) is 0 Å². The van der Waals surface area contributed by atoms with Gasteiger partial charge in [-0.25, -0.2) is 4.79 Å². The number of nitrogens with one attached hydrogen (secondary N) is 2. The van der Waals surface area contributed by atoms with Crippen LogP contribution in [-0.4, -0.2) is 44.9 Å². The summed E-state index contributed by atoms with van der Waals surface area (Å²) in [5.74, 6) is -0.376. The van der Waals surface area contributed by atoms with Crippen molar-refractivity contribution in [2.24, 2.45) is 7.05 Å². The van der Waals surface area contributed by atoms with E-state index in [1.54, 1.807) is 61.9 Å². The molecule has 0 saturated heterocycles. The third-order valence-electron chi connectivity index (χ3n) is 4.80. The van der Waals surface area contributed by atoms with Crippen LogP contribution in [0.15, 0.2) is 47.6 Å². The molecule has 1 atom stereocenters. The molecule has 0 unspecified atom stereocenters. The van der Waals surface area contributed by atoms with Crippen LogP contribution in [0.4, 0.5) is 5.69 Å². The zero-order valence-electron chi connectivity index (χ0n) is 19.2. The van der Waals surface area contributed by atoms with Crippen LogP contribution < -0.4 is 10.6 Å². The molecule has 2 N–H and O–H groups in total. The number of amides is 2. The first-order chi connectivity index (χ1) is 16.7. The summed E-state index contributed by atoms with van der Waals surface area (Å²) in [5.41, 5.74) is 1.34. The third kappa shape index (κ3) is 6.97. The second-order valence-corrected chi connectivity index (χ2v) is 9.12. The molecule has 35 heavy (non-hydrogen) atoms. The highest BCUT2D eigenvalue weighted by Gasteiger charge is 2.19. The maximum absolute atomic E-state index is 12.5. The zero-order valence-corrected chi connectivity index (χ0v) is 21.5. The fourth-order valence-electron chi connectivity index (χ4n) is 3.04. The van der Waals surface area contributed by atoms with E-state index in [1.807, 2.05) is 0 Å². The Balaban J connectivity index is 1.54. The first-order valence-corrected chi connectivity index (χ1v) is 12.3. The minimum Gasteiger partial charge on any atom is -0.462 e. The van der Waals surface area contributed by atoms with E-state index >= 15 is 0 Å². The molecule has 184 valence electrons. The van der Waals surface area contributed by atoms with Gasteiger partial charge in [0.2, 0.25) is 5.91 Å². The minimum absolute atomic E-state index is 0.0929. The van der Waals surface area contributed by atoms with Crippen LogP contribution in [0.3, 0.4) is 0 Å². The van der Waals surface area contributed by atoms with E-state index in [2.05, 4.69) is 20.8 Å². The smallest absolute Gasteiger partial charge is 0.338 e. The van der Waals surface area contributed by atoms with Crippen LogP contribution in [0, 0.1) is 0 Å². The number of aromatic nitrogens is 3. The number of hydrogen-bond donors (Lipinski definition) is 2. The van der Waals surface area contributed by atoms with Gasteiger partial charge in [-0.05, 0) is 56.3 Å². The average molecular weight is 536 g/mol. The van der Waals surface area contributed by atoms with Crippen molar-refractivity contribution >= 4 is 58.4 Å². The van der Waals surface area contributed by atoms with E-state index in [1.165, 1.54) is 17.8 Å². The van der Waals surface area contributed by atoms with Gasteiger partial charge >= 0.3 is 5.97 Å². The Labute approximate surface area is 216 Å². The number of benzene rings is 2. The Kier molecular flexibility index (Phi) is 9.13. The predicted molar refractivity (Wildman–Crippen MR) is 135 cm³/mol. The number of ether oxygens (including phenoxy) is 1. The summed E-state index contributed by atoms with van der Waals surface area (Å²) in [6.45, 7) is 3.81. The maximum Gasteiger partial charge on any atom is 0.338 e. The summed E-state index contributed by atoms with van der Waals surface area (Å²) >= 11 is 13.1. The van der Waals surface area contributed by atoms with Crippen molar-refractivity contribution in [2.75, 3.05) is 17.7 Å². The van der Waals surface area contributed by atoms with Gasteiger partial charge in [0.25, 0.3) is 5.91 Å². The van der Waals surface area contributed by atoms with E-state index in [-0.39, 0.29) is 22.6 Å². The monoisotopic (exact) mass is 535 g/mol. The fourth-order valence-corrected chi connectivity index (χ4v) is 4.06. The van der Waals surface area contributed by atoms with Gasteiger partial charge in [0.05, 0.1) is 34.0 Å². The highest BCUT2D eigenvalue weighted by atomic mass is 35.5. The van der Waals surface area contributed by atoms with Crippen LogP contribution in [-0.2, 0) is 16.6 Å². The molecule has 12 heteroatoms. The molecule has 3 aromatic rings. The molecule has 0 bridgehead atoms. The topological polar surface area (TPSA) is 115 Å². The zero-order chi connectivity index (χ0) is 25.5. The van der Waals surface area contributed by atoms with Crippen LogP contribution >= 0.6 is 35.0 Å². The van der Waals surface area contributed by atoms with Gasteiger partial charge in [-0.2, -0.15) is 0 Å². The quantitative estimate of drug-likeness (QED) is 0.305. The van der Waals surface area contributed by atoms with E-state index < -0.39 is 12.0 Å². The molecule has 0 aliphatic carbocycles.